The van der Waals surface area contributed by atoms with Crippen LogP contribution in [-0.2, 0) is 6.42 Å². The molecule has 0 aliphatic carbocycles. The molecule has 1 aromatic carbocycles. The molecule has 0 radical (unpaired) electrons. The van der Waals surface area contributed by atoms with E-state index in [9.17, 15) is 4.39 Å². The summed E-state index contributed by atoms with van der Waals surface area (Å²) < 4.78 is 15.5. The van der Waals surface area contributed by atoms with Gasteiger partial charge >= 0.3 is 0 Å². The predicted octanol–water partition coefficient (Wildman–Crippen LogP) is 3.08. The van der Waals surface area contributed by atoms with Crippen LogP contribution in [0.1, 0.15) is 18.3 Å². The van der Waals surface area contributed by atoms with Crippen molar-refractivity contribution in [3.8, 4) is 22.6 Å². The van der Waals surface area contributed by atoms with Gasteiger partial charge in [-0.25, -0.2) is 19.3 Å². The fourth-order valence-corrected chi connectivity index (χ4v) is 3.65. The first-order valence-electron chi connectivity index (χ1n) is 8.10. The first kappa shape index (κ1) is 16.2. The van der Waals surface area contributed by atoms with Crippen molar-refractivity contribution >= 4 is 11.8 Å². The fourth-order valence-electron chi connectivity index (χ4n) is 3.29. The normalized spacial score (nSPS) is 16.2. The Labute approximate surface area is 149 Å². The number of fused-ring (bicyclic) bond motifs is 1. The first-order valence-corrected chi connectivity index (χ1v) is 9.32. The summed E-state index contributed by atoms with van der Waals surface area (Å²) in [7, 11) is 0. The number of halogens is 1. The van der Waals surface area contributed by atoms with Gasteiger partial charge in [0.2, 0.25) is 0 Å². The van der Waals surface area contributed by atoms with Crippen LogP contribution in [0.5, 0.6) is 0 Å². The van der Waals surface area contributed by atoms with Crippen molar-refractivity contribution in [2.24, 2.45) is 0 Å². The van der Waals surface area contributed by atoms with E-state index in [0.717, 1.165) is 41.3 Å². The molecular formula is C18H18FN4OS+. The molecule has 3 aromatic rings. The van der Waals surface area contributed by atoms with Crippen LogP contribution in [0.4, 0.5) is 4.39 Å². The van der Waals surface area contributed by atoms with Gasteiger partial charge in [-0.1, -0.05) is 11.8 Å². The van der Waals surface area contributed by atoms with Crippen molar-refractivity contribution in [2.75, 3.05) is 12.9 Å². The molecule has 1 atom stereocenters. The number of hydrogen-bond acceptors (Lipinski definition) is 4. The van der Waals surface area contributed by atoms with Crippen molar-refractivity contribution in [2.45, 2.75) is 24.0 Å². The lowest BCUT2D eigenvalue weighted by molar-refractivity contribution is 0.234. The minimum atomic E-state index is -0.271. The standard InChI is InChI=1S/C18H17FN4OS/c1-25-18-20-9-8-14(21-18)17-16(11-2-4-12(19)5-3-11)22-15-7-6-13(10-24)23(15)17/h2-5,8-9,13,24H,6-7,10H2,1H3/p+1/t13-/m1/s1. The maximum atomic E-state index is 13.3. The molecule has 0 fully saturated rings. The predicted molar refractivity (Wildman–Crippen MR) is 96.3 cm³/mol. The minimum absolute atomic E-state index is 0.0967. The van der Waals surface area contributed by atoms with Gasteiger partial charge in [-0.05, 0) is 43.0 Å². The molecule has 25 heavy (non-hydrogen) atoms. The average Bonchev–Trinajstić information content (AvgIpc) is 3.21. The highest BCUT2D eigenvalue weighted by Gasteiger charge is 2.31. The van der Waals surface area contributed by atoms with E-state index in [1.165, 1.54) is 23.9 Å². The molecule has 0 bridgehead atoms. The van der Waals surface area contributed by atoms with Crippen molar-refractivity contribution in [3.63, 3.8) is 0 Å². The fraction of sp³-hybridized carbons (Fsp3) is 0.278. The zero-order chi connectivity index (χ0) is 17.4. The molecule has 2 N–H and O–H groups in total. The number of imidazole rings is 1. The summed E-state index contributed by atoms with van der Waals surface area (Å²) in [5, 5.41) is 8.57. The lowest BCUT2D eigenvalue weighted by atomic mass is 10.1. The molecular weight excluding hydrogens is 339 g/mol. The van der Waals surface area contributed by atoms with E-state index < -0.39 is 0 Å². The number of benzene rings is 1. The van der Waals surface area contributed by atoms with E-state index in [4.69, 9.17) is 10.1 Å². The van der Waals surface area contributed by atoms with Crippen LogP contribution >= 0.6 is 11.8 Å². The van der Waals surface area contributed by atoms with E-state index in [2.05, 4.69) is 14.5 Å². The second-order valence-electron chi connectivity index (χ2n) is 5.93. The highest BCUT2D eigenvalue weighted by atomic mass is 32.2. The SMILES string of the molecule is CSc1nccc(-c2c(-c3ccc(F)cc3)nc3n2[C@@H](C[OH2+])CC3)n1. The summed E-state index contributed by atoms with van der Waals surface area (Å²) in [6.07, 6.45) is 5.45. The third kappa shape index (κ3) is 2.83. The van der Waals surface area contributed by atoms with Crippen LogP contribution in [0, 0.1) is 5.82 Å². The molecule has 0 unspecified atom stereocenters. The minimum Gasteiger partial charge on any atom is -0.444 e. The summed E-state index contributed by atoms with van der Waals surface area (Å²) in [6.45, 7) is 0.305. The van der Waals surface area contributed by atoms with E-state index >= 15 is 0 Å². The maximum Gasteiger partial charge on any atom is 0.187 e. The average molecular weight is 357 g/mol. The van der Waals surface area contributed by atoms with Gasteiger partial charge in [0.25, 0.3) is 0 Å². The molecule has 0 amide bonds. The number of hydrogen-bond donors (Lipinski definition) is 0. The highest BCUT2D eigenvalue weighted by Crippen LogP contribution is 2.39. The largest absolute Gasteiger partial charge is 0.444 e. The van der Waals surface area contributed by atoms with Crippen molar-refractivity contribution < 1.29 is 9.50 Å². The number of thioether (sulfide) groups is 1. The maximum absolute atomic E-state index is 13.3. The molecule has 0 saturated heterocycles. The van der Waals surface area contributed by atoms with E-state index in [-0.39, 0.29) is 11.9 Å². The Morgan fingerprint density at radius 3 is 2.76 bits per heavy atom. The zero-order valence-electron chi connectivity index (χ0n) is 13.7. The Kier molecular flexibility index (Phi) is 4.27. The Hall–Kier alpha value is -2.25. The monoisotopic (exact) mass is 357 g/mol. The molecule has 3 heterocycles. The topological polar surface area (TPSA) is 66.5 Å². The molecule has 5 nitrogen and oxygen atoms in total. The molecule has 2 aromatic heterocycles. The molecule has 0 saturated carbocycles. The van der Waals surface area contributed by atoms with Crippen LogP contribution in [0.25, 0.3) is 22.6 Å². The van der Waals surface area contributed by atoms with Crippen molar-refractivity contribution in [1.29, 1.82) is 0 Å². The number of aryl methyl sites for hydroxylation is 1. The third-order valence-corrected chi connectivity index (χ3v) is 5.02. The summed E-state index contributed by atoms with van der Waals surface area (Å²) in [5.41, 5.74) is 3.33. The molecule has 1 aliphatic heterocycles. The second kappa shape index (κ2) is 6.57. The van der Waals surface area contributed by atoms with Crippen LogP contribution < -0.4 is 0 Å². The van der Waals surface area contributed by atoms with Crippen LogP contribution in [0.15, 0.2) is 41.7 Å². The van der Waals surface area contributed by atoms with E-state index in [1.807, 2.05) is 12.3 Å². The van der Waals surface area contributed by atoms with Gasteiger partial charge in [-0.3, -0.25) is 0 Å². The highest BCUT2D eigenvalue weighted by molar-refractivity contribution is 7.98. The summed E-state index contributed by atoms with van der Waals surface area (Å²) >= 11 is 1.49. The van der Waals surface area contributed by atoms with Gasteiger partial charge in [0.05, 0.1) is 17.1 Å². The number of nitrogens with zero attached hydrogens (tertiary/aromatic N) is 4. The Morgan fingerprint density at radius 2 is 2.04 bits per heavy atom. The van der Waals surface area contributed by atoms with Crippen molar-refractivity contribution in [3.05, 3.63) is 48.2 Å². The van der Waals surface area contributed by atoms with Crippen LogP contribution in [-0.4, -0.2) is 37.5 Å². The van der Waals surface area contributed by atoms with Gasteiger partial charge in [-0.2, -0.15) is 0 Å². The van der Waals surface area contributed by atoms with Gasteiger partial charge in [0.1, 0.15) is 17.7 Å². The van der Waals surface area contributed by atoms with Gasteiger partial charge in [0.15, 0.2) is 11.8 Å². The van der Waals surface area contributed by atoms with Gasteiger partial charge in [-0.15, -0.1) is 0 Å². The van der Waals surface area contributed by atoms with Crippen LogP contribution in [0.3, 0.4) is 0 Å². The molecule has 1 aliphatic rings. The Balaban J connectivity index is 1.94. The molecule has 0 spiro atoms. The third-order valence-electron chi connectivity index (χ3n) is 4.46. The Bertz CT molecular complexity index is 910. The summed E-state index contributed by atoms with van der Waals surface area (Å²) in [5.74, 6) is 0.698. The van der Waals surface area contributed by atoms with E-state index in [1.54, 1.807) is 18.3 Å². The first-order chi connectivity index (χ1) is 12.2. The summed E-state index contributed by atoms with van der Waals surface area (Å²) in [4.78, 5) is 13.7. The molecule has 4 rings (SSSR count). The molecule has 7 heteroatoms. The smallest absolute Gasteiger partial charge is 0.187 e. The quantitative estimate of drug-likeness (QED) is 0.409. The van der Waals surface area contributed by atoms with Crippen LogP contribution in [0.2, 0.25) is 0 Å². The number of aromatic nitrogens is 4. The number of rotatable bonds is 4. The van der Waals surface area contributed by atoms with Crippen molar-refractivity contribution in [1.82, 2.24) is 19.5 Å². The second-order valence-corrected chi connectivity index (χ2v) is 6.70. The summed E-state index contributed by atoms with van der Waals surface area (Å²) in [6, 6.07) is 8.33. The lowest BCUT2D eigenvalue weighted by Crippen LogP contribution is -2.10. The lowest BCUT2D eigenvalue weighted by Gasteiger charge is -2.13. The van der Waals surface area contributed by atoms with Gasteiger partial charge < -0.3 is 9.67 Å². The van der Waals surface area contributed by atoms with E-state index in [0.29, 0.717) is 11.8 Å². The molecule has 128 valence electrons. The zero-order valence-corrected chi connectivity index (χ0v) is 14.6. The van der Waals surface area contributed by atoms with Gasteiger partial charge in [0, 0.05) is 18.2 Å². The Morgan fingerprint density at radius 1 is 1.24 bits per heavy atom.